The average Bonchev–Trinajstić information content (AvgIpc) is 2.69. The maximum Gasteiger partial charge on any atom is 0.255 e. The Morgan fingerprint density at radius 1 is 1.11 bits per heavy atom. The molecule has 4 rings (SSSR count). The summed E-state index contributed by atoms with van der Waals surface area (Å²) >= 11 is 0. The van der Waals surface area contributed by atoms with Crippen molar-refractivity contribution >= 4 is 11.7 Å². The highest BCUT2D eigenvalue weighted by molar-refractivity contribution is 5.99. The lowest BCUT2D eigenvalue weighted by Crippen LogP contribution is -2.49. The summed E-state index contributed by atoms with van der Waals surface area (Å²) < 4.78 is 1.65. The summed E-state index contributed by atoms with van der Waals surface area (Å²) in [5.41, 5.74) is 1.40. The molecule has 28 heavy (non-hydrogen) atoms. The molecule has 1 aliphatic heterocycles. The Kier molecular flexibility index (Phi) is 4.50. The van der Waals surface area contributed by atoms with Crippen LogP contribution in [0.25, 0.3) is 11.4 Å². The maximum atomic E-state index is 12.8. The van der Waals surface area contributed by atoms with Crippen molar-refractivity contribution in [3.63, 3.8) is 0 Å². The van der Waals surface area contributed by atoms with Gasteiger partial charge in [-0.25, -0.2) is 15.0 Å². The number of hydrogen-bond donors (Lipinski definition) is 0. The highest BCUT2D eigenvalue weighted by Gasteiger charge is 2.33. The average molecular weight is 375 g/mol. The number of Topliss-reactive ketones (excluding diaryl/α,β-unsaturated/α-hetero) is 1. The van der Waals surface area contributed by atoms with Crippen LogP contribution in [-0.2, 0) is 6.54 Å². The van der Waals surface area contributed by atoms with Crippen molar-refractivity contribution < 1.29 is 4.79 Å². The van der Waals surface area contributed by atoms with Gasteiger partial charge in [-0.15, -0.1) is 0 Å². The first kappa shape index (κ1) is 18.0. The minimum Gasteiger partial charge on any atom is -0.334 e. The van der Waals surface area contributed by atoms with E-state index in [0.29, 0.717) is 36.0 Å². The molecular weight excluding hydrogens is 354 g/mol. The molecule has 142 valence electrons. The van der Waals surface area contributed by atoms with E-state index in [-0.39, 0.29) is 23.3 Å². The predicted molar refractivity (Wildman–Crippen MR) is 106 cm³/mol. The summed E-state index contributed by atoms with van der Waals surface area (Å²) in [5, 5.41) is 0. The van der Waals surface area contributed by atoms with Crippen molar-refractivity contribution in [1.82, 2.24) is 19.5 Å². The minimum atomic E-state index is -0.161. The lowest BCUT2D eigenvalue weighted by Gasteiger charge is -2.40. The number of aromatic nitrogens is 4. The molecule has 0 saturated heterocycles. The van der Waals surface area contributed by atoms with Crippen molar-refractivity contribution in [2.24, 2.45) is 5.41 Å². The summed E-state index contributed by atoms with van der Waals surface area (Å²) in [5.74, 6) is 0.497. The van der Waals surface area contributed by atoms with Gasteiger partial charge in [0.1, 0.15) is 6.33 Å². The summed E-state index contributed by atoms with van der Waals surface area (Å²) in [6.45, 7) is 5.51. The van der Waals surface area contributed by atoms with E-state index < -0.39 is 0 Å². The molecule has 1 aliphatic rings. The number of anilines is 1. The Hall–Kier alpha value is -3.35. The van der Waals surface area contributed by atoms with Crippen LogP contribution < -0.4 is 10.5 Å². The number of nitrogens with zero attached hydrogens (tertiary/aromatic N) is 5. The van der Waals surface area contributed by atoms with Crippen LogP contribution in [0.4, 0.5) is 5.95 Å². The van der Waals surface area contributed by atoms with E-state index >= 15 is 0 Å². The van der Waals surface area contributed by atoms with Crippen molar-refractivity contribution in [3.8, 4) is 11.4 Å². The van der Waals surface area contributed by atoms with E-state index in [0.717, 1.165) is 0 Å². The van der Waals surface area contributed by atoms with Gasteiger partial charge in [-0.1, -0.05) is 44.2 Å². The zero-order valence-electron chi connectivity index (χ0n) is 15.9. The van der Waals surface area contributed by atoms with Gasteiger partial charge in [0.05, 0.1) is 17.9 Å². The van der Waals surface area contributed by atoms with Gasteiger partial charge in [0.25, 0.3) is 5.56 Å². The smallest absolute Gasteiger partial charge is 0.255 e. The third kappa shape index (κ3) is 3.55. The van der Waals surface area contributed by atoms with Gasteiger partial charge in [0.2, 0.25) is 5.95 Å². The van der Waals surface area contributed by atoms with Gasteiger partial charge in [0, 0.05) is 36.3 Å². The molecule has 2 aromatic heterocycles. The van der Waals surface area contributed by atoms with Crippen LogP contribution in [0.3, 0.4) is 0 Å². The normalized spacial score (nSPS) is 15.1. The second kappa shape index (κ2) is 6.99. The van der Waals surface area contributed by atoms with E-state index in [4.69, 9.17) is 0 Å². The molecule has 0 aliphatic carbocycles. The summed E-state index contributed by atoms with van der Waals surface area (Å²) in [4.78, 5) is 40.3. The number of hydrogen-bond acceptors (Lipinski definition) is 6. The van der Waals surface area contributed by atoms with E-state index in [9.17, 15) is 9.59 Å². The molecule has 0 unspecified atom stereocenters. The Morgan fingerprint density at radius 3 is 2.61 bits per heavy atom. The van der Waals surface area contributed by atoms with E-state index in [1.807, 2.05) is 23.1 Å². The number of fused-ring (bicyclic) bond motifs is 1. The first-order valence-electron chi connectivity index (χ1n) is 9.14. The molecule has 0 N–H and O–H groups in total. The number of carbonyl (C=O) groups is 1. The van der Waals surface area contributed by atoms with Crippen molar-refractivity contribution in [2.75, 3.05) is 18.0 Å². The number of carbonyl (C=O) groups excluding carboxylic acids is 1. The van der Waals surface area contributed by atoms with Crippen LogP contribution in [-0.4, -0.2) is 38.4 Å². The molecule has 0 saturated carbocycles. The minimum absolute atomic E-state index is 0.00784. The van der Waals surface area contributed by atoms with E-state index in [1.165, 1.54) is 12.4 Å². The molecule has 0 fully saturated rings. The molecular formula is C21H21N5O2. The number of rotatable bonds is 4. The van der Waals surface area contributed by atoms with Crippen LogP contribution >= 0.6 is 0 Å². The SMILES string of the molecule is CC1(C)CN(CC(=O)c2ccccc2)c2nc(-c3ccncn3)cc(=O)n2C1. The van der Waals surface area contributed by atoms with E-state index in [1.54, 1.807) is 29.0 Å². The third-order valence-electron chi connectivity index (χ3n) is 4.75. The molecule has 3 heterocycles. The first-order chi connectivity index (χ1) is 13.4. The Morgan fingerprint density at radius 2 is 1.89 bits per heavy atom. The van der Waals surface area contributed by atoms with Crippen molar-refractivity contribution in [3.05, 3.63) is 70.9 Å². The molecule has 7 nitrogen and oxygen atoms in total. The van der Waals surface area contributed by atoms with Gasteiger partial charge < -0.3 is 4.90 Å². The van der Waals surface area contributed by atoms with Crippen LogP contribution in [0.5, 0.6) is 0 Å². The fraction of sp³-hybridized carbons (Fsp3) is 0.286. The van der Waals surface area contributed by atoms with Gasteiger partial charge in [0.15, 0.2) is 5.78 Å². The molecule has 7 heteroatoms. The second-order valence-electron chi connectivity index (χ2n) is 7.77. The molecule has 0 bridgehead atoms. The van der Waals surface area contributed by atoms with Gasteiger partial charge in [-0.3, -0.25) is 14.2 Å². The molecule has 0 radical (unpaired) electrons. The molecule has 0 amide bonds. The van der Waals surface area contributed by atoms with Crippen LogP contribution in [0, 0.1) is 5.41 Å². The molecule has 1 aromatic carbocycles. The fourth-order valence-corrected chi connectivity index (χ4v) is 3.54. The van der Waals surface area contributed by atoms with Gasteiger partial charge in [-0.05, 0) is 6.07 Å². The van der Waals surface area contributed by atoms with Crippen molar-refractivity contribution in [1.29, 1.82) is 0 Å². The largest absolute Gasteiger partial charge is 0.334 e. The van der Waals surface area contributed by atoms with Gasteiger partial charge >= 0.3 is 0 Å². The molecule has 3 aromatic rings. The highest BCUT2D eigenvalue weighted by Crippen LogP contribution is 2.30. The zero-order chi connectivity index (χ0) is 19.7. The number of ketones is 1. The van der Waals surface area contributed by atoms with Gasteiger partial charge in [-0.2, -0.15) is 0 Å². The summed E-state index contributed by atoms with van der Waals surface area (Å²) in [7, 11) is 0. The number of benzene rings is 1. The quantitative estimate of drug-likeness (QED) is 0.652. The Labute approximate surface area is 162 Å². The summed E-state index contributed by atoms with van der Waals surface area (Å²) in [6, 6.07) is 12.4. The highest BCUT2D eigenvalue weighted by atomic mass is 16.1. The van der Waals surface area contributed by atoms with Crippen LogP contribution in [0.1, 0.15) is 24.2 Å². The molecule has 0 atom stereocenters. The lowest BCUT2D eigenvalue weighted by atomic mass is 9.90. The lowest BCUT2D eigenvalue weighted by molar-refractivity contribution is 0.0993. The summed E-state index contributed by atoms with van der Waals surface area (Å²) in [6.07, 6.45) is 3.04. The molecule has 0 spiro atoms. The van der Waals surface area contributed by atoms with Crippen LogP contribution in [0.2, 0.25) is 0 Å². The maximum absolute atomic E-state index is 12.8. The Bertz CT molecular complexity index is 1060. The third-order valence-corrected chi connectivity index (χ3v) is 4.75. The monoisotopic (exact) mass is 375 g/mol. The predicted octanol–water partition coefficient (Wildman–Crippen LogP) is 2.43. The van der Waals surface area contributed by atoms with Crippen molar-refractivity contribution in [2.45, 2.75) is 20.4 Å². The standard InChI is InChI=1S/C21H21N5O2/c1-21(2)12-25(11-18(27)15-6-4-3-5-7-15)20-24-17(10-19(28)26(20)13-21)16-8-9-22-14-23-16/h3-10,14H,11-13H2,1-2H3. The Balaban J connectivity index is 1.76. The fourth-order valence-electron chi connectivity index (χ4n) is 3.54. The van der Waals surface area contributed by atoms with Crippen LogP contribution in [0.15, 0.2) is 59.8 Å². The zero-order valence-corrected chi connectivity index (χ0v) is 15.9. The van der Waals surface area contributed by atoms with E-state index in [2.05, 4.69) is 28.8 Å². The second-order valence-corrected chi connectivity index (χ2v) is 7.77. The topological polar surface area (TPSA) is 81.0 Å². The first-order valence-corrected chi connectivity index (χ1v) is 9.14.